The van der Waals surface area contributed by atoms with Crippen molar-refractivity contribution in [2.24, 2.45) is 0 Å². The average molecular weight is 308 g/mol. The molecule has 0 aromatic heterocycles. The number of amides is 1. The van der Waals surface area contributed by atoms with E-state index in [0.29, 0.717) is 18.8 Å². The molecule has 6 nitrogen and oxygen atoms in total. The Morgan fingerprint density at radius 1 is 1.16 bits per heavy atom. The van der Waals surface area contributed by atoms with Gasteiger partial charge in [0, 0.05) is 25.7 Å². The highest BCUT2D eigenvalue weighted by Crippen LogP contribution is 2.13. The predicted octanol–water partition coefficient (Wildman–Crippen LogP) is 0.564. The van der Waals surface area contributed by atoms with Crippen molar-refractivity contribution in [1.29, 1.82) is 0 Å². The molecule has 0 unspecified atom stereocenters. The molecule has 3 N–H and O–H groups in total. The molecule has 0 bridgehead atoms. The minimum Gasteiger partial charge on any atom is -0.326 e. The maximum absolute atomic E-state index is 11.8. The van der Waals surface area contributed by atoms with Crippen LogP contribution in [0.2, 0.25) is 0 Å². The van der Waals surface area contributed by atoms with Crippen molar-refractivity contribution in [2.45, 2.75) is 11.8 Å². The van der Waals surface area contributed by atoms with Gasteiger partial charge in [-0.1, -0.05) is 0 Å². The summed E-state index contributed by atoms with van der Waals surface area (Å²) in [6.07, 6.45) is 0. The second-order valence-corrected chi connectivity index (χ2v) is 5.47. The van der Waals surface area contributed by atoms with E-state index in [1.165, 1.54) is 19.1 Å². The van der Waals surface area contributed by atoms with Gasteiger partial charge < -0.3 is 10.6 Å². The van der Waals surface area contributed by atoms with Crippen LogP contribution in [-0.2, 0) is 14.8 Å². The second kappa shape index (κ2) is 8.11. The first-order chi connectivity index (χ1) is 8.45. The fourth-order valence-corrected chi connectivity index (χ4v) is 2.35. The van der Waals surface area contributed by atoms with Gasteiger partial charge in [-0.3, -0.25) is 4.79 Å². The molecule has 0 heterocycles. The average Bonchev–Trinajstić information content (AvgIpc) is 2.29. The molecule has 0 radical (unpaired) electrons. The van der Waals surface area contributed by atoms with Gasteiger partial charge in [-0.05, 0) is 31.3 Å². The summed E-state index contributed by atoms with van der Waals surface area (Å²) in [6.45, 7) is 2.28. The van der Waals surface area contributed by atoms with Crippen molar-refractivity contribution in [1.82, 2.24) is 10.0 Å². The molecule has 0 aliphatic rings. The normalized spacial score (nSPS) is 10.6. The number of rotatable bonds is 6. The third-order valence-electron chi connectivity index (χ3n) is 2.15. The van der Waals surface area contributed by atoms with E-state index in [-0.39, 0.29) is 23.2 Å². The zero-order valence-corrected chi connectivity index (χ0v) is 12.4. The molecular formula is C11H18ClN3O3S. The number of benzene rings is 1. The molecule has 0 saturated heterocycles. The number of hydrogen-bond donors (Lipinski definition) is 3. The second-order valence-electron chi connectivity index (χ2n) is 3.71. The molecule has 0 fully saturated rings. The van der Waals surface area contributed by atoms with Crippen molar-refractivity contribution in [2.75, 3.05) is 25.5 Å². The lowest BCUT2D eigenvalue weighted by molar-refractivity contribution is -0.114. The number of halogens is 1. The van der Waals surface area contributed by atoms with Crippen LogP contribution >= 0.6 is 12.4 Å². The van der Waals surface area contributed by atoms with E-state index in [9.17, 15) is 13.2 Å². The Kier molecular flexibility index (Phi) is 7.62. The van der Waals surface area contributed by atoms with Crippen molar-refractivity contribution < 1.29 is 13.2 Å². The van der Waals surface area contributed by atoms with E-state index in [4.69, 9.17) is 0 Å². The molecule has 19 heavy (non-hydrogen) atoms. The largest absolute Gasteiger partial charge is 0.326 e. The summed E-state index contributed by atoms with van der Waals surface area (Å²) in [6, 6.07) is 6.00. The maximum Gasteiger partial charge on any atom is 0.240 e. The topological polar surface area (TPSA) is 87.3 Å². The van der Waals surface area contributed by atoms with Crippen LogP contribution in [0.1, 0.15) is 6.92 Å². The van der Waals surface area contributed by atoms with Crippen LogP contribution < -0.4 is 15.4 Å². The van der Waals surface area contributed by atoms with Crippen LogP contribution in [0, 0.1) is 0 Å². The van der Waals surface area contributed by atoms with E-state index in [2.05, 4.69) is 15.4 Å². The predicted molar refractivity (Wildman–Crippen MR) is 77.1 cm³/mol. The quantitative estimate of drug-likeness (QED) is 0.670. The molecule has 0 aliphatic carbocycles. The highest BCUT2D eigenvalue weighted by molar-refractivity contribution is 7.89. The monoisotopic (exact) mass is 307 g/mol. The first kappa shape index (κ1) is 17.8. The van der Waals surface area contributed by atoms with Crippen LogP contribution in [0.25, 0.3) is 0 Å². The molecule has 8 heteroatoms. The molecule has 1 amide bonds. The third kappa shape index (κ3) is 6.02. The number of carbonyl (C=O) groups is 1. The number of hydrogen-bond acceptors (Lipinski definition) is 4. The molecule has 0 saturated carbocycles. The lowest BCUT2D eigenvalue weighted by atomic mass is 10.3. The molecule has 1 rings (SSSR count). The fraction of sp³-hybridized carbons (Fsp3) is 0.364. The Balaban J connectivity index is 0.00000324. The summed E-state index contributed by atoms with van der Waals surface area (Å²) in [5.74, 6) is -0.197. The summed E-state index contributed by atoms with van der Waals surface area (Å²) in [5.41, 5.74) is 0.566. The lowest BCUT2D eigenvalue weighted by Gasteiger charge is -2.07. The van der Waals surface area contributed by atoms with Gasteiger partial charge >= 0.3 is 0 Å². The first-order valence-electron chi connectivity index (χ1n) is 5.47. The van der Waals surface area contributed by atoms with E-state index in [1.807, 2.05) is 0 Å². The highest BCUT2D eigenvalue weighted by Gasteiger charge is 2.12. The Bertz CT molecular complexity index is 502. The SMILES string of the molecule is CNCCNS(=O)(=O)c1ccc(NC(C)=O)cc1.Cl. The van der Waals surface area contributed by atoms with E-state index in [1.54, 1.807) is 19.2 Å². The zero-order chi connectivity index (χ0) is 13.6. The van der Waals surface area contributed by atoms with Crippen LogP contribution in [0.3, 0.4) is 0 Å². The van der Waals surface area contributed by atoms with Gasteiger partial charge in [-0.15, -0.1) is 12.4 Å². The first-order valence-corrected chi connectivity index (χ1v) is 6.96. The number of nitrogens with one attached hydrogen (secondary N) is 3. The van der Waals surface area contributed by atoms with Gasteiger partial charge in [0.1, 0.15) is 0 Å². The Hall–Kier alpha value is -1.15. The molecule has 1 aromatic rings. The number of anilines is 1. The van der Waals surface area contributed by atoms with Crippen LogP contribution in [-0.4, -0.2) is 34.5 Å². The number of carbonyl (C=O) groups excluding carboxylic acids is 1. The fourth-order valence-electron chi connectivity index (χ4n) is 1.31. The standard InChI is InChI=1S/C11H17N3O3S.ClH/c1-9(15)14-10-3-5-11(6-4-10)18(16,17)13-8-7-12-2;/h3-6,12-13H,7-8H2,1-2H3,(H,14,15);1H. The van der Waals surface area contributed by atoms with Gasteiger partial charge in [-0.25, -0.2) is 13.1 Å². The Morgan fingerprint density at radius 2 is 1.74 bits per heavy atom. The smallest absolute Gasteiger partial charge is 0.240 e. The van der Waals surface area contributed by atoms with E-state index in [0.717, 1.165) is 0 Å². The summed E-state index contributed by atoms with van der Waals surface area (Å²) < 4.78 is 26.1. The van der Waals surface area contributed by atoms with Crippen molar-refractivity contribution in [3.05, 3.63) is 24.3 Å². The van der Waals surface area contributed by atoms with Gasteiger partial charge in [0.25, 0.3) is 0 Å². The minimum absolute atomic E-state index is 0. The van der Waals surface area contributed by atoms with Crippen molar-refractivity contribution in [3.8, 4) is 0 Å². The van der Waals surface area contributed by atoms with E-state index < -0.39 is 10.0 Å². The lowest BCUT2D eigenvalue weighted by Crippen LogP contribution is -2.30. The van der Waals surface area contributed by atoms with Crippen molar-refractivity contribution >= 4 is 34.0 Å². The van der Waals surface area contributed by atoms with Gasteiger partial charge in [-0.2, -0.15) is 0 Å². The minimum atomic E-state index is -3.48. The van der Waals surface area contributed by atoms with E-state index >= 15 is 0 Å². The van der Waals surface area contributed by atoms with Crippen LogP contribution in [0.15, 0.2) is 29.2 Å². The van der Waals surface area contributed by atoms with Crippen LogP contribution in [0.5, 0.6) is 0 Å². The summed E-state index contributed by atoms with van der Waals surface area (Å²) in [7, 11) is -1.73. The molecule has 108 valence electrons. The maximum atomic E-state index is 11.8. The third-order valence-corrected chi connectivity index (χ3v) is 3.63. The summed E-state index contributed by atoms with van der Waals surface area (Å²) in [4.78, 5) is 11.0. The number of likely N-dealkylation sites (N-methyl/N-ethyl adjacent to an activating group) is 1. The van der Waals surface area contributed by atoms with Crippen molar-refractivity contribution in [3.63, 3.8) is 0 Å². The number of sulfonamides is 1. The molecule has 1 aromatic carbocycles. The Morgan fingerprint density at radius 3 is 2.21 bits per heavy atom. The van der Waals surface area contributed by atoms with Crippen LogP contribution in [0.4, 0.5) is 5.69 Å². The molecular weight excluding hydrogens is 290 g/mol. The highest BCUT2D eigenvalue weighted by atomic mass is 35.5. The Labute approximate surface area is 119 Å². The zero-order valence-electron chi connectivity index (χ0n) is 10.8. The molecule has 0 aliphatic heterocycles. The van der Waals surface area contributed by atoms with Gasteiger partial charge in [0.05, 0.1) is 4.90 Å². The molecule has 0 atom stereocenters. The summed E-state index contributed by atoms with van der Waals surface area (Å²) >= 11 is 0. The molecule has 0 spiro atoms. The van der Waals surface area contributed by atoms with Gasteiger partial charge in [0.15, 0.2) is 0 Å². The summed E-state index contributed by atoms with van der Waals surface area (Å²) in [5, 5.41) is 5.42. The van der Waals surface area contributed by atoms with Gasteiger partial charge in [0.2, 0.25) is 15.9 Å².